The largest absolute Gasteiger partial charge is 0.372 e. The van der Waals surface area contributed by atoms with Crippen molar-refractivity contribution in [2.45, 2.75) is 33.7 Å². The number of likely N-dealkylation sites (N-methyl/N-ethyl adjacent to an activating group) is 1. The van der Waals surface area contributed by atoms with Gasteiger partial charge < -0.3 is 10.6 Å². The Bertz CT molecular complexity index is 576. The van der Waals surface area contributed by atoms with Crippen LogP contribution in [0.2, 0.25) is 0 Å². The molecule has 2 N–H and O–H groups in total. The Morgan fingerprint density at radius 3 is 2.05 bits per heavy atom. The zero-order chi connectivity index (χ0) is 15.6. The summed E-state index contributed by atoms with van der Waals surface area (Å²) >= 11 is 0. The lowest BCUT2D eigenvalue weighted by Gasteiger charge is -2.26. The molecule has 0 spiro atoms. The average molecular weight is 282 g/mol. The van der Waals surface area contributed by atoms with Crippen LogP contribution in [0.1, 0.15) is 33.9 Å². The van der Waals surface area contributed by atoms with E-state index in [1.807, 2.05) is 0 Å². The van der Waals surface area contributed by atoms with E-state index in [2.05, 4.69) is 76.0 Å². The smallest absolute Gasteiger partial charge is 0.0475 e. The summed E-state index contributed by atoms with van der Waals surface area (Å²) in [5, 5.41) is 0. The molecule has 1 unspecified atom stereocenters. The van der Waals surface area contributed by atoms with E-state index < -0.39 is 0 Å². The Morgan fingerprint density at radius 2 is 1.48 bits per heavy atom. The average Bonchev–Trinajstić information content (AvgIpc) is 2.37. The summed E-state index contributed by atoms with van der Waals surface area (Å²) in [4.78, 5) is 2.25. The first-order valence-corrected chi connectivity index (χ1v) is 7.49. The van der Waals surface area contributed by atoms with Gasteiger partial charge in [0, 0.05) is 25.3 Å². The molecule has 0 radical (unpaired) electrons. The van der Waals surface area contributed by atoms with Crippen LogP contribution < -0.4 is 10.6 Å². The molecule has 2 rings (SSSR count). The maximum Gasteiger partial charge on any atom is 0.0475 e. The molecular formula is C19H26N2. The Kier molecular flexibility index (Phi) is 4.69. The van der Waals surface area contributed by atoms with Crippen LogP contribution in [-0.4, -0.2) is 13.6 Å². The SMILES string of the molecule is Cc1ccc(C(N)CN(C)c2ccc(C)cc2C)c(C)c1. The van der Waals surface area contributed by atoms with Crippen molar-refractivity contribution in [1.82, 2.24) is 0 Å². The van der Waals surface area contributed by atoms with E-state index in [-0.39, 0.29) is 6.04 Å². The Morgan fingerprint density at radius 1 is 0.905 bits per heavy atom. The fraction of sp³-hybridized carbons (Fsp3) is 0.368. The highest BCUT2D eigenvalue weighted by molar-refractivity contribution is 5.54. The van der Waals surface area contributed by atoms with Crippen LogP contribution in [0.15, 0.2) is 36.4 Å². The number of aryl methyl sites for hydroxylation is 4. The first-order chi connectivity index (χ1) is 9.88. The van der Waals surface area contributed by atoms with E-state index in [4.69, 9.17) is 5.73 Å². The zero-order valence-electron chi connectivity index (χ0n) is 13.8. The highest BCUT2D eigenvalue weighted by Crippen LogP contribution is 2.23. The number of anilines is 1. The predicted molar refractivity (Wildman–Crippen MR) is 92.0 cm³/mol. The van der Waals surface area contributed by atoms with Crippen molar-refractivity contribution >= 4 is 5.69 Å². The van der Waals surface area contributed by atoms with Crippen LogP contribution in [-0.2, 0) is 0 Å². The van der Waals surface area contributed by atoms with Crippen molar-refractivity contribution in [2.24, 2.45) is 5.73 Å². The number of hydrogen-bond donors (Lipinski definition) is 1. The van der Waals surface area contributed by atoms with E-state index >= 15 is 0 Å². The van der Waals surface area contributed by atoms with Crippen LogP contribution in [0.4, 0.5) is 5.69 Å². The number of rotatable bonds is 4. The van der Waals surface area contributed by atoms with Gasteiger partial charge in [-0.05, 0) is 50.5 Å². The molecule has 2 heteroatoms. The van der Waals surface area contributed by atoms with Crippen molar-refractivity contribution in [3.05, 3.63) is 64.2 Å². The van der Waals surface area contributed by atoms with Gasteiger partial charge >= 0.3 is 0 Å². The third-order valence-electron chi connectivity index (χ3n) is 4.06. The summed E-state index contributed by atoms with van der Waals surface area (Å²) < 4.78 is 0. The highest BCUT2D eigenvalue weighted by Gasteiger charge is 2.13. The quantitative estimate of drug-likeness (QED) is 0.916. The van der Waals surface area contributed by atoms with Gasteiger partial charge in [-0.2, -0.15) is 0 Å². The summed E-state index contributed by atoms with van der Waals surface area (Å²) in [7, 11) is 2.11. The molecule has 0 saturated heterocycles. The third-order valence-corrected chi connectivity index (χ3v) is 4.06. The molecule has 2 aromatic carbocycles. The molecule has 0 saturated carbocycles. The van der Waals surface area contributed by atoms with Gasteiger partial charge in [-0.3, -0.25) is 0 Å². The van der Waals surface area contributed by atoms with E-state index in [0.29, 0.717) is 0 Å². The fourth-order valence-electron chi connectivity index (χ4n) is 2.97. The molecule has 2 nitrogen and oxygen atoms in total. The molecule has 0 amide bonds. The second-order valence-corrected chi connectivity index (χ2v) is 6.14. The number of nitrogens with zero attached hydrogens (tertiary/aromatic N) is 1. The van der Waals surface area contributed by atoms with Gasteiger partial charge in [0.25, 0.3) is 0 Å². The van der Waals surface area contributed by atoms with Crippen LogP contribution >= 0.6 is 0 Å². The molecule has 0 aliphatic heterocycles. The van der Waals surface area contributed by atoms with E-state index in [1.54, 1.807) is 0 Å². The number of nitrogens with two attached hydrogens (primary N) is 1. The van der Waals surface area contributed by atoms with Gasteiger partial charge in [-0.25, -0.2) is 0 Å². The van der Waals surface area contributed by atoms with Gasteiger partial charge in [0.15, 0.2) is 0 Å². The lowest BCUT2D eigenvalue weighted by Crippen LogP contribution is -2.29. The van der Waals surface area contributed by atoms with E-state index in [9.17, 15) is 0 Å². The maximum absolute atomic E-state index is 6.42. The molecule has 0 heterocycles. The summed E-state index contributed by atoms with van der Waals surface area (Å²) in [5.74, 6) is 0. The standard InChI is InChI=1S/C19H26N2/c1-13-6-8-17(15(3)10-13)18(20)12-21(5)19-9-7-14(2)11-16(19)4/h6-11,18H,12,20H2,1-5H3. The lowest BCUT2D eigenvalue weighted by atomic mass is 9.99. The summed E-state index contributed by atoms with van der Waals surface area (Å²) in [5.41, 5.74) is 14.1. The molecule has 1 atom stereocenters. The Balaban J connectivity index is 2.16. The minimum atomic E-state index is 0.0244. The molecule has 21 heavy (non-hydrogen) atoms. The normalized spacial score (nSPS) is 12.3. The van der Waals surface area contributed by atoms with E-state index in [1.165, 1.54) is 33.5 Å². The second-order valence-electron chi connectivity index (χ2n) is 6.14. The topological polar surface area (TPSA) is 29.3 Å². The van der Waals surface area contributed by atoms with E-state index in [0.717, 1.165) is 6.54 Å². The number of benzene rings is 2. The molecule has 2 aromatic rings. The van der Waals surface area contributed by atoms with Crippen molar-refractivity contribution in [1.29, 1.82) is 0 Å². The van der Waals surface area contributed by atoms with Gasteiger partial charge in [-0.15, -0.1) is 0 Å². The maximum atomic E-state index is 6.42. The first-order valence-electron chi connectivity index (χ1n) is 7.49. The summed E-state index contributed by atoms with van der Waals surface area (Å²) in [6, 6.07) is 13.1. The van der Waals surface area contributed by atoms with Crippen LogP contribution in [0, 0.1) is 27.7 Å². The molecule has 112 valence electrons. The van der Waals surface area contributed by atoms with Crippen molar-refractivity contribution < 1.29 is 0 Å². The van der Waals surface area contributed by atoms with Crippen molar-refractivity contribution in [3.63, 3.8) is 0 Å². The fourth-order valence-corrected chi connectivity index (χ4v) is 2.97. The van der Waals surface area contributed by atoms with Crippen LogP contribution in [0.5, 0.6) is 0 Å². The molecule has 0 aliphatic rings. The highest BCUT2D eigenvalue weighted by atomic mass is 15.1. The van der Waals surface area contributed by atoms with Crippen molar-refractivity contribution in [3.8, 4) is 0 Å². The monoisotopic (exact) mass is 282 g/mol. The molecule has 0 aliphatic carbocycles. The van der Waals surface area contributed by atoms with Gasteiger partial charge in [0.2, 0.25) is 0 Å². The van der Waals surface area contributed by atoms with Gasteiger partial charge in [-0.1, -0.05) is 41.5 Å². The third kappa shape index (κ3) is 3.64. The molecular weight excluding hydrogens is 256 g/mol. The van der Waals surface area contributed by atoms with Crippen LogP contribution in [0.3, 0.4) is 0 Å². The molecule has 0 aromatic heterocycles. The predicted octanol–water partition coefficient (Wildman–Crippen LogP) is 4.06. The minimum absolute atomic E-state index is 0.0244. The van der Waals surface area contributed by atoms with Crippen molar-refractivity contribution in [2.75, 3.05) is 18.5 Å². The summed E-state index contributed by atoms with van der Waals surface area (Å²) in [6.07, 6.45) is 0. The molecule has 0 bridgehead atoms. The number of hydrogen-bond acceptors (Lipinski definition) is 2. The van der Waals surface area contributed by atoms with Crippen LogP contribution in [0.25, 0.3) is 0 Å². The Hall–Kier alpha value is -1.80. The first kappa shape index (κ1) is 15.6. The molecule has 0 fully saturated rings. The minimum Gasteiger partial charge on any atom is -0.372 e. The lowest BCUT2D eigenvalue weighted by molar-refractivity contribution is 0.698. The van der Waals surface area contributed by atoms with Gasteiger partial charge in [0.05, 0.1) is 0 Å². The second kappa shape index (κ2) is 6.31. The van der Waals surface area contributed by atoms with Gasteiger partial charge in [0.1, 0.15) is 0 Å². The Labute approximate surface area is 128 Å². The summed E-state index contributed by atoms with van der Waals surface area (Å²) in [6.45, 7) is 9.34. The zero-order valence-corrected chi connectivity index (χ0v) is 13.8.